The van der Waals surface area contributed by atoms with Crippen LogP contribution >= 0.6 is 39.3 Å². The molecular formula is C26H20BrClN2O4S. The van der Waals surface area contributed by atoms with Gasteiger partial charge in [-0.25, -0.2) is 0 Å². The molecule has 0 aromatic heterocycles. The number of hydrogen-bond donors (Lipinski definition) is 1. The monoisotopic (exact) mass is 570 g/mol. The number of carbonyl (C=O) groups is 3. The van der Waals surface area contributed by atoms with Gasteiger partial charge < -0.3 is 10.1 Å². The van der Waals surface area contributed by atoms with E-state index in [-0.39, 0.29) is 11.4 Å². The van der Waals surface area contributed by atoms with Crippen LogP contribution in [0.2, 0.25) is 5.02 Å². The summed E-state index contributed by atoms with van der Waals surface area (Å²) in [4.78, 5) is 39.1. The number of amides is 3. The maximum Gasteiger partial charge on any atom is 0.294 e. The van der Waals surface area contributed by atoms with Gasteiger partial charge in [0.2, 0.25) is 5.91 Å². The van der Waals surface area contributed by atoms with Crippen LogP contribution in [0.5, 0.6) is 5.75 Å². The Labute approximate surface area is 220 Å². The molecule has 3 amide bonds. The number of halogens is 2. The lowest BCUT2D eigenvalue weighted by Crippen LogP contribution is -2.36. The van der Waals surface area contributed by atoms with E-state index in [0.717, 1.165) is 32.3 Å². The van der Waals surface area contributed by atoms with Crippen LogP contribution in [0.1, 0.15) is 16.7 Å². The van der Waals surface area contributed by atoms with Gasteiger partial charge in [0.05, 0.1) is 4.91 Å². The zero-order chi connectivity index (χ0) is 24.9. The van der Waals surface area contributed by atoms with Crippen LogP contribution in [0, 0.1) is 6.92 Å². The van der Waals surface area contributed by atoms with Crippen molar-refractivity contribution in [3.63, 3.8) is 0 Å². The van der Waals surface area contributed by atoms with Crippen LogP contribution in [0.15, 0.2) is 76.1 Å². The maximum atomic E-state index is 13.0. The first-order chi connectivity index (χ1) is 16.8. The molecule has 0 unspecified atom stereocenters. The largest absolute Gasteiger partial charge is 0.488 e. The highest BCUT2D eigenvalue weighted by atomic mass is 79.9. The average molecular weight is 572 g/mol. The smallest absolute Gasteiger partial charge is 0.294 e. The number of aryl methyl sites for hydroxylation is 1. The lowest BCUT2D eigenvalue weighted by molar-refractivity contribution is -0.127. The average Bonchev–Trinajstić information content (AvgIpc) is 3.08. The van der Waals surface area contributed by atoms with E-state index in [2.05, 4.69) is 21.2 Å². The molecule has 1 aliphatic heterocycles. The highest BCUT2D eigenvalue weighted by Gasteiger charge is 2.36. The molecule has 9 heteroatoms. The summed E-state index contributed by atoms with van der Waals surface area (Å²) in [7, 11) is 0. The number of imide groups is 1. The van der Waals surface area contributed by atoms with Crippen molar-refractivity contribution in [2.24, 2.45) is 0 Å². The summed E-state index contributed by atoms with van der Waals surface area (Å²) >= 11 is 10.2. The fourth-order valence-corrected chi connectivity index (χ4v) is 4.66. The molecule has 0 bridgehead atoms. The molecular weight excluding hydrogens is 552 g/mol. The van der Waals surface area contributed by atoms with Gasteiger partial charge in [0.25, 0.3) is 11.1 Å². The molecule has 3 aromatic carbocycles. The summed E-state index contributed by atoms with van der Waals surface area (Å²) in [6, 6.07) is 20.0. The predicted molar refractivity (Wildman–Crippen MR) is 142 cm³/mol. The molecule has 1 N–H and O–H groups in total. The Kier molecular flexibility index (Phi) is 7.95. The summed E-state index contributed by atoms with van der Waals surface area (Å²) < 4.78 is 6.76. The Bertz CT molecular complexity index is 1330. The molecule has 1 fully saturated rings. The molecule has 1 saturated heterocycles. The predicted octanol–water partition coefficient (Wildman–Crippen LogP) is 6.66. The summed E-state index contributed by atoms with van der Waals surface area (Å²) in [6.45, 7) is 1.80. The van der Waals surface area contributed by atoms with Gasteiger partial charge in [0, 0.05) is 20.7 Å². The number of hydrogen-bond acceptors (Lipinski definition) is 5. The first-order valence-corrected chi connectivity index (χ1v) is 12.6. The van der Waals surface area contributed by atoms with E-state index in [4.69, 9.17) is 16.3 Å². The number of anilines is 1. The normalized spacial score (nSPS) is 14.5. The van der Waals surface area contributed by atoms with Crippen LogP contribution in [-0.2, 0) is 16.2 Å². The molecule has 1 aliphatic rings. The minimum Gasteiger partial charge on any atom is -0.488 e. The first-order valence-electron chi connectivity index (χ1n) is 10.6. The fourth-order valence-electron chi connectivity index (χ4n) is 3.33. The molecule has 0 saturated carbocycles. The molecule has 1 heterocycles. The minimum atomic E-state index is -0.524. The highest BCUT2D eigenvalue weighted by Crippen LogP contribution is 2.35. The highest BCUT2D eigenvalue weighted by molar-refractivity contribution is 9.10. The molecule has 0 spiro atoms. The number of nitrogens with zero attached hydrogens (tertiary/aromatic N) is 1. The zero-order valence-electron chi connectivity index (χ0n) is 18.6. The number of rotatable bonds is 7. The van der Waals surface area contributed by atoms with Crippen molar-refractivity contribution >= 4 is 68.1 Å². The Hall–Kier alpha value is -3.07. The number of thioether (sulfide) groups is 1. The third-order valence-electron chi connectivity index (χ3n) is 5.16. The summed E-state index contributed by atoms with van der Waals surface area (Å²) in [6.07, 6.45) is 1.60. The van der Waals surface area contributed by atoms with E-state index in [0.29, 0.717) is 28.6 Å². The van der Waals surface area contributed by atoms with E-state index in [1.54, 1.807) is 42.5 Å². The van der Waals surface area contributed by atoms with Crippen molar-refractivity contribution in [1.82, 2.24) is 4.90 Å². The zero-order valence-corrected chi connectivity index (χ0v) is 21.7. The lowest BCUT2D eigenvalue weighted by atomic mass is 10.1. The Morgan fingerprint density at radius 1 is 1.11 bits per heavy atom. The van der Waals surface area contributed by atoms with Crippen molar-refractivity contribution in [3.05, 3.63) is 97.8 Å². The Balaban J connectivity index is 1.48. The molecule has 0 atom stereocenters. The second-order valence-electron chi connectivity index (χ2n) is 7.73. The number of para-hydroxylation sites is 1. The lowest BCUT2D eigenvalue weighted by Gasteiger charge is -2.13. The fraction of sp³-hybridized carbons (Fsp3) is 0.115. The van der Waals surface area contributed by atoms with E-state index in [1.165, 1.54) is 0 Å². The summed E-state index contributed by atoms with van der Waals surface area (Å²) in [5.74, 6) is -0.423. The van der Waals surface area contributed by atoms with Gasteiger partial charge in [-0.15, -0.1) is 0 Å². The SMILES string of the molecule is Cc1ccccc1NC(=O)CN1C(=O)S/C(=C/c2cc(Br)ccc2OCc2ccc(Cl)cc2)C1=O. The summed E-state index contributed by atoms with van der Waals surface area (Å²) in [5.41, 5.74) is 3.08. The molecule has 35 heavy (non-hydrogen) atoms. The quantitative estimate of drug-likeness (QED) is 0.321. The van der Waals surface area contributed by atoms with Crippen molar-refractivity contribution in [1.29, 1.82) is 0 Å². The van der Waals surface area contributed by atoms with Gasteiger partial charge in [-0.2, -0.15) is 0 Å². The Morgan fingerprint density at radius 3 is 2.60 bits per heavy atom. The number of benzene rings is 3. The van der Waals surface area contributed by atoms with Gasteiger partial charge >= 0.3 is 0 Å². The Morgan fingerprint density at radius 2 is 1.86 bits per heavy atom. The van der Waals surface area contributed by atoms with E-state index >= 15 is 0 Å². The number of carbonyl (C=O) groups excluding carboxylic acids is 3. The van der Waals surface area contributed by atoms with E-state index in [1.807, 2.05) is 37.3 Å². The van der Waals surface area contributed by atoms with Gasteiger partial charge in [-0.1, -0.05) is 57.9 Å². The van der Waals surface area contributed by atoms with Crippen LogP contribution in [0.25, 0.3) is 6.08 Å². The summed E-state index contributed by atoms with van der Waals surface area (Å²) in [5, 5.41) is 2.89. The van der Waals surface area contributed by atoms with Crippen molar-refractivity contribution < 1.29 is 19.1 Å². The molecule has 6 nitrogen and oxygen atoms in total. The molecule has 0 radical (unpaired) electrons. The van der Waals surface area contributed by atoms with Crippen LogP contribution < -0.4 is 10.1 Å². The van der Waals surface area contributed by atoms with Gasteiger partial charge in [0.1, 0.15) is 18.9 Å². The van der Waals surface area contributed by atoms with Gasteiger partial charge in [0.15, 0.2) is 0 Å². The van der Waals surface area contributed by atoms with Crippen molar-refractivity contribution in [2.75, 3.05) is 11.9 Å². The minimum absolute atomic E-state index is 0.216. The first kappa shape index (κ1) is 25.0. The van der Waals surface area contributed by atoms with Crippen LogP contribution in [-0.4, -0.2) is 28.5 Å². The third-order valence-corrected chi connectivity index (χ3v) is 6.81. The van der Waals surface area contributed by atoms with Crippen molar-refractivity contribution in [2.45, 2.75) is 13.5 Å². The van der Waals surface area contributed by atoms with E-state index in [9.17, 15) is 14.4 Å². The molecule has 3 aromatic rings. The van der Waals surface area contributed by atoms with E-state index < -0.39 is 17.1 Å². The third kappa shape index (κ3) is 6.33. The number of nitrogens with one attached hydrogen (secondary N) is 1. The van der Waals surface area contributed by atoms with Gasteiger partial charge in [-0.3, -0.25) is 19.3 Å². The van der Waals surface area contributed by atoms with Crippen LogP contribution in [0.4, 0.5) is 10.5 Å². The topological polar surface area (TPSA) is 75.7 Å². The second kappa shape index (κ2) is 11.1. The number of ether oxygens (including phenoxy) is 1. The molecule has 4 rings (SSSR count). The van der Waals surface area contributed by atoms with Gasteiger partial charge in [-0.05, 0) is 72.3 Å². The van der Waals surface area contributed by atoms with Crippen molar-refractivity contribution in [3.8, 4) is 5.75 Å². The second-order valence-corrected chi connectivity index (χ2v) is 10.1. The molecule has 0 aliphatic carbocycles. The molecule has 178 valence electrons. The standard InChI is InChI=1S/C26H20BrClN2O4S/c1-16-4-2-3-5-21(16)29-24(31)14-30-25(32)23(35-26(30)33)13-18-12-19(27)8-11-22(18)34-15-17-6-9-20(28)10-7-17/h2-13H,14-15H2,1H3,(H,29,31)/b23-13+. The van der Waals surface area contributed by atoms with Crippen LogP contribution in [0.3, 0.4) is 0 Å². The maximum absolute atomic E-state index is 13.0.